The molecule has 1 amide bonds. The molecule has 7 heteroatoms. The first kappa shape index (κ1) is 17.9. The number of rotatable bonds is 2. The van der Waals surface area contributed by atoms with Gasteiger partial charge >= 0.3 is 0 Å². The number of nitrogens with one attached hydrogen (secondary N) is 1. The highest BCUT2D eigenvalue weighted by Gasteiger charge is 2.31. The van der Waals surface area contributed by atoms with Crippen LogP contribution in [0.3, 0.4) is 0 Å². The second-order valence-electron chi connectivity index (χ2n) is 6.83. The minimum atomic E-state index is -0.148. The molecule has 4 rings (SSSR count). The molecule has 2 fully saturated rings. The SMILES string of the molecule is Cl.O=C(Cn1cnc2ccccc2c1=O)N1CC[C@@H]2CNC[C@@H]2CC1. The Labute approximate surface area is 152 Å². The highest BCUT2D eigenvalue weighted by molar-refractivity contribution is 5.85. The van der Waals surface area contributed by atoms with Crippen LogP contribution in [0.2, 0.25) is 0 Å². The molecule has 25 heavy (non-hydrogen) atoms. The number of amides is 1. The first-order valence-electron chi connectivity index (χ1n) is 8.65. The van der Waals surface area contributed by atoms with Crippen LogP contribution in [0.4, 0.5) is 0 Å². The zero-order valence-electron chi connectivity index (χ0n) is 14.1. The topological polar surface area (TPSA) is 67.2 Å². The van der Waals surface area contributed by atoms with Crippen molar-refractivity contribution in [3.05, 3.63) is 40.9 Å². The van der Waals surface area contributed by atoms with E-state index in [0.717, 1.165) is 39.0 Å². The van der Waals surface area contributed by atoms with Crippen molar-refractivity contribution >= 4 is 29.2 Å². The number of hydrogen-bond donors (Lipinski definition) is 1. The number of likely N-dealkylation sites (tertiary alicyclic amines) is 1. The van der Waals surface area contributed by atoms with E-state index >= 15 is 0 Å². The van der Waals surface area contributed by atoms with Gasteiger partial charge in [0.15, 0.2) is 0 Å². The standard InChI is InChI=1S/C18H22N4O2.ClH/c23-17(21-7-5-13-9-19-10-14(13)6-8-21)11-22-12-20-16-4-2-1-3-15(16)18(22)24;/h1-4,12-14,19H,5-11H2;1H/t13-,14+;. The number of halogens is 1. The van der Waals surface area contributed by atoms with Gasteiger partial charge in [-0.05, 0) is 49.9 Å². The average Bonchev–Trinajstić information content (AvgIpc) is 2.96. The molecule has 1 N–H and O–H groups in total. The monoisotopic (exact) mass is 362 g/mol. The predicted octanol–water partition coefficient (Wildman–Crippen LogP) is 1.28. The van der Waals surface area contributed by atoms with Gasteiger partial charge in [0.25, 0.3) is 5.56 Å². The Morgan fingerprint density at radius 2 is 1.84 bits per heavy atom. The first-order chi connectivity index (χ1) is 11.7. The number of aromatic nitrogens is 2. The molecule has 3 heterocycles. The number of para-hydroxylation sites is 1. The van der Waals surface area contributed by atoms with E-state index in [4.69, 9.17) is 0 Å². The second-order valence-corrected chi connectivity index (χ2v) is 6.83. The van der Waals surface area contributed by atoms with Gasteiger partial charge in [-0.3, -0.25) is 14.2 Å². The number of hydrogen-bond acceptors (Lipinski definition) is 4. The zero-order valence-corrected chi connectivity index (χ0v) is 14.9. The summed E-state index contributed by atoms with van der Waals surface area (Å²) < 4.78 is 1.43. The van der Waals surface area contributed by atoms with Crippen molar-refractivity contribution in [2.45, 2.75) is 19.4 Å². The molecule has 6 nitrogen and oxygen atoms in total. The normalized spacial score (nSPS) is 23.0. The minimum Gasteiger partial charge on any atom is -0.341 e. The molecule has 0 radical (unpaired) electrons. The molecule has 2 saturated heterocycles. The van der Waals surface area contributed by atoms with E-state index in [9.17, 15) is 9.59 Å². The maximum absolute atomic E-state index is 12.7. The minimum absolute atomic E-state index is 0. The van der Waals surface area contributed by atoms with Crippen molar-refractivity contribution in [2.24, 2.45) is 11.8 Å². The lowest BCUT2D eigenvalue weighted by molar-refractivity contribution is -0.131. The van der Waals surface area contributed by atoms with Crippen molar-refractivity contribution in [1.29, 1.82) is 0 Å². The summed E-state index contributed by atoms with van der Waals surface area (Å²) in [5.74, 6) is 1.39. The maximum Gasteiger partial charge on any atom is 0.261 e. The quantitative estimate of drug-likeness (QED) is 0.873. The average molecular weight is 363 g/mol. The molecular weight excluding hydrogens is 340 g/mol. The molecule has 0 bridgehead atoms. The molecule has 0 aliphatic carbocycles. The molecule has 2 aromatic rings. The molecule has 2 aliphatic heterocycles. The molecule has 1 aromatic carbocycles. The Hall–Kier alpha value is -1.92. The van der Waals surface area contributed by atoms with Crippen LogP contribution in [0.5, 0.6) is 0 Å². The van der Waals surface area contributed by atoms with Gasteiger partial charge in [0.05, 0.1) is 17.2 Å². The van der Waals surface area contributed by atoms with Gasteiger partial charge in [-0.25, -0.2) is 4.98 Å². The Balaban J connectivity index is 0.00000182. The summed E-state index contributed by atoms with van der Waals surface area (Å²) >= 11 is 0. The Bertz CT molecular complexity index is 808. The summed E-state index contributed by atoms with van der Waals surface area (Å²) in [5, 5.41) is 4.00. The van der Waals surface area contributed by atoms with Crippen LogP contribution in [-0.2, 0) is 11.3 Å². The van der Waals surface area contributed by atoms with Crippen LogP contribution >= 0.6 is 12.4 Å². The largest absolute Gasteiger partial charge is 0.341 e. The molecule has 134 valence electrons. The number of carbonyl (C=O) groups excluding carboxylic acids is 1. The fourth-order valence-corrected chi connectivity index (χ4v) is 3.93. The number of benzene rings is 1. The van der Waals surface area contributed by atoms with Gasteiger partial charge < -0.3 is 10.2 Å². The maximum atomic E-state index is 12.7. The van der Waals surface area contributed by atoms with E-state index in [-0.39, 0.29) is 30.4 Å². The first-order valence-corrected chi connectivity index (χ1v) is 8.65. The molecule has 2 atom stereocenters. The van der Waals surface area contributed by atoms with Crippen molar-refractivity contribution in [3.8, 4) is 0 Å². The van der Waals surface area contributed by atoms with Crippen molar-refractivity contribution < 1.29 is 4.79 Å². The highest BCUT2D eigenvalue weighted by Crippen LogP contribution is 2.27. The molecule has 0 spiro atoms. The van der Waals surface area contributed by atoms with Gasteiger partial charge in [-0.1, -0.05) is 12.1 Å². The van der Waals surface area contributed by atoms with Gasteiger partial charge in [-0.2, -0.15) is 0 Å². The Morgan fingerprint density at radius 1 is 1.16 bits per heavy atom. The number of fused-ring (bicyclic) bond motifs is 2. The lowest BCUT2D eigenvalue weighted by Gasteiger charge is -2.21. The summed E-state index contributed by atoms with van der Waals surface area (Å²) in [6.07, 6.45) is 3.58. The van der Waals surface area contributed by atoms with E-state index in [1.807, 2.05) is 23.1 Å². The van der Waals surface area contributed by atoms with Crippen LogP contribution < -0.4 is 10.9 Å². The Kier molecular flexibility index (Phi) is 5.39. The number of carbonyl (C=O) groups is 1. The van der Waals surface area contributed by atoms with Crippen LogP contribution in [0.1, 0.15) is 12.8 Å². The summed E-state index contributed by atoms with van der Waals surface area (Å²) in [6.45, 7) is 3.79. The molecule has 1 aromatic heterocycles. The van der Waals surface area contributed by atoms with Gasteiger partial charge in [0.1, 0.15) is 6.54 Å². The van der Waals surface area contributed by atoms with E-state index in [0.29, 0.717) is 22.7 Å². The molecule has 2 aliphatic rings. The van der Waals surface area contributed by atoms with Crippen LogP contribution in [0.15, 0.2) is 35.4 Å². The van der Waals surface area contributed by atoms with Crippen LogP contribution in [0, 0.1) is 11.8 Å². The lowest BCUT2D eigenvalue weighted by atomic mass is 9.92. The smallest absolute Gasteiger partial charge is 0.261 e. The van der Waals surface area contributed by atoms with Crippen LogP contribution in [-0.4, -0.2) is 46.5 Å². The summed E-state index contributed by atoms with van der Waals surface area (Å²) in [5.41, 5.74) is 0.520. The Morgan fingerprint density at radius 3 is 2.56 bits per heavy atom. The van der Waals surface area contributed by atoms with Gasteiger partial charge in [0, 0.05) is 13.1 Å². The highest BCUT2D eigenvalue weighted by atomic mass is 35.5. The molecule has 0 unspecified atom stereocenters. The van der Waals surface area contributed by atoms with E-state index < -0.39 is 0 Å². The molecular formula is C18H23ClN4O2. The van der Waals surface area contributed by atoms with Crippen molar-refractivity contribution in [2.75, 3.05) is 26.2 Å². The lowest BCUT2D eigenvalue weighted by Crippen LogP contribution is -2.37. The van der Waals surface area contributed by atoms with Gasteiger partial charge in [0.2, 0.25) is 5.91 Å². The third kappa shape index (κ3) is 3.55. The van der Waals surface area contributed by atoms with E-state index in [1.54, 1.807) is 6.07 Å². The van der Waals surface area contributed by atoms with E-state index in [2.05, 4.69) is 10.3 Å². The summed E-state index contributed by atoms with van der Waals surface area (Å²) in [7, 11) is 0. The van der Waals surface area contributed by atoms with Crippen LogP contribution in [0.25, 0.3) is 10.9 Å². The third-order valence-corrected chi connectivity index (χ3v) is 5.41. The summed E-state index contributed by atoms with van der Waals surface area (Å²) in [6, 6.07) is 7.24. The third-order valence-electron chi connectivity index (χ3n) is 5.41. The fraction of sp³-hybridized carbons (Fsp3) is 0.500. The van der Waals surface area contributed by atoms with E-state index in [1.165, 1.54) is 10.9 Å². The van der Waals surface area contributed by atoms with Crippen molar-refractivity contribution in [3.63, 3.8) is 0 Å². The second kappa shape index (κ2) is 7.54. The van der Waals surface area contributed by atoms with Crippen molar-refractivity contribution in [1.82, 2.24) is 19.8 Å². The summed E-state index contributed by atoms with van der Waals surface area (Å²) in [4.78, 5) is 31.4. The fourth-order valence-electron chi connectivity index (χ4n) is 3.93. The zero-order chi connectivity index (χ0) is 16.5. The predicted molar refractivity (Wildman–Crippen MR) is 98.9 cm³/mol. The number of nitrogens with zero attached hydrogens (tertiary/aromatic N) is 3. The van der Waals surface area contributed by atoms with Gasteiger partial charge in [-0.15, -0.1) is 12.4 Å². The molecule has 0 saturated carbocycles.